The maximum absolute atomic E-state index is 12.9. The number of amides is 1. The van der Waals surface area contributed by atoms with Crippen molar-refractivity contribution in [2.24, 2.45) is 5.92 Å². The number of benzene rings is 2. The van der Waals surface area contributed by atoms with Gasteiger partial charge in [0.1, 0.15) is 0 Å². The fourth-order valence-electron chi connectivity index (χ4n) is 4.15. The van der Waals surface area contributed by atoms with Crippen LogP contribution in [-0.4, -0.2) is 57.5 Å². The van der Waals surface area contributed by atoms with Crippen LogP contribution >= 0.6 is 0 Å². The first-order valence-corrected chi connectivity index (χ1v) is 13.6. The van der Waals surface area contributed by atoms with Gasteiger partial charge < -0.3 is 5.32 Å². The molecule has 1 atom stereocenters. The van der Waals surface area contributed by atoms with Gasteiger partial charge >= 0.3 is 0 Å². The van der Waals surface area contributed by atoms with Gasteiger partial charge in [-0.2, -0.15) is 8.61 Å². The minimum absolute atomic E-state index is 0.116. The molecule has 0 aromatic heterocycles. The molecule has 10 heteroatoms. The van der Waals surface area contributed by atoms with E-state index in [-0.39, 0.29) is 22.2 Å². The molecule has 0 saturated carbocycles. The number of anilines is 1. The topological polar surface area (TPSA) is 104 Å². The Morgan fingerprint density at radius 3 is 1.97 bits per heavy atom. The molecule has 2 aromatic rings. The van der Waals surface area contributed by atoms with Crippen LogP contribution in [0.25, 0.3) is 0 Å². The number of nitrogens with zero attached hydrogens (tertiary/aromatic N) is 2. The molecule has 172 valence electrons. The van der Waals surface area contributed by atoms with E-state index in [0.717, 1.165) is 12.8 Å². The Morgan fingerprint density at radius 2 is 1.31 bits per heavy atom. The number of sulfonamides is 2. The van der Waals surface area contributed by atoms with Gasteiger partial charge in [-0.25, -0.2) is 16.8 Å². The Bertz CT molecular complexity index is 1160. The maximum atomic E-state index is 12.9. The standard InChI is InChI=1S/C22H27N3O5S2/c26-22(18-7-6-16-25(17-18)32(29,30)20-8-2-1-3-9-20)23-19-10-12-21(13-11-19)31(27,28)24-14-4-5-15-24/h1-3,8-13,18H,4-7,14-17H2,(H,23,26). The summed E-state index contributed by atoms with van der Waals surface area (Å²) in [5.41, 5.74) is 0.485. The first kappa shape index (κ1) is 22.9. The van der Waals surface area contributed by atoms with E-state index in [9.17, 15) is 21.6 Å². The second-order valence-electron chi connectivity index (χ2n) is 8.14. The van der Waals surface area contributed by atoms with Gasteiger partial charge in [0.2, 0.25) is 26.0 Å². The molecular formula is C22H27N3O5S2. The van der Waals surface area contributed by atoms with Gasteiger partial charge in [-0.3, -0.25) is 4.79 Å². The van der Waals surface area contributed by atoms with Crippen molar-refractivity contribution in [3.63, 3.8) is 0 Å². The van der Waals surface area contributed by atoms with Crippen molar-refractivity contribution in [2.45, 2.75) is 35.5 Å². The lowest BCUT2D eigenvalue weighted by Gasteiger charge is -2.31. The first-order valence-electron chi connectivity index (χ1n) is 10.7. The number of rotatable bonds is 6. The Kier molecular flexibility index (Phi) is 6.66. The highest BCUT2D eigenvalue weighted by molar-refractivity contribution is 7.89. The Morgan fingerprint density at radius 1 is 0.750 bits per heavy atom. The van der Waals surface area contributed by atoms with Crippen LogP contribution in [0.2, 0.25) is 0 Å². The van der Waals surface area contributed by atoms with Crippen molar-refractivity contribution in [2.75, 3.05) is 31.5 Å². The second kappa shape index (κ2) is 9.30. The molecule has 0 aliphatic carbocycles. The smallest absolute Gasteiger partial charge is 0.243 e. The third-order valence-corrected chi connectivity index (χ3v) is 9.75. The Labute approximate surface area is 189 Å². The molecular weight excluding hydrogens is 450 g/mol. The normalized spacial score (nSPS) is 20.8. The third kappa shape index (κ3) is 4.73. The molecule has 2 saturated heterocycles. The number of piperidine rings is 1. The quantitative estimate of drug-likeness (QED) is 0.689. The van der Waals surface area contributed by atoms with Gasteiger partial charge in [0.05, 0.1) is 15.7 Å². The molecule has 4 rings (SSSR count). The summed E-state index contributed by atoms with van der Waals surface area (Å²) in [6.45, 7) is 1.56. The fourth-order valence-corrected chi connectivity index (χ4v) is 7.21. The lowest BCUT2D eigenvalue weighted by atomic mass is 9.99. The minimum Gasteiger partial charge on any atom is -0.326 e. The average Bonchev–Trinajstić information content (AvgIpc) is 3.36. The summed E-state index contributed by atoms with van der Waals surface area (Å²) < 4.78 is 53.9. The zero-order valence-electron chi connectivity index (χ0n) is 17.7. The largest absolute Gasteiger partial charge is 0.326 e. The molecule has 2 aliphatic heterocycles. The molecule has 1 N–H and O–H groups in total. The van der Waals surface area contributed by atoms with Crippen molar-refractivity contribution in [3.05, 3.63) is 54.6 Å². The van der Waals surface area contributed by atoms with Crippen molar-refractivity contribution in [1.82, 2.24) is 8.61 Å². The highest BCUT2D eigenvalue weighted by atomic mass is 32.2. The van der Waals surface area contributed by atoms with Crippen molar-refractivity contribution < 1.29 is 21.6 Å². The van der Waals surface area contributed by atoms with E-state index in [4.69, 9.17) is 0 Å². The summed E-state index contributed by atoms with van der Waals surface area (Å²) in [6.07, 6.45) is 2.92. The molecule has 0 spiro atoms. The van der Waals surface area contributed by atoms with Gasteiger partial charge in [0, 0.05) is 31.9 Å². The van der Waals surface area contributed by atoms with Crippen LogP contribution in [0.3, 0.4) is 0 Å². The van der Waals surface area contributed by atoms with E-state index < -0.39 is 26.0 Å². The maximum Gasteiger partial charge on any atom is 0.243 e. The number of nitrogens with one attached hydrogen (secondary N) is 1. The predicted octanol–water partition coefficient (Wildman–Crippen LogP) is 2.51. The van der Waals surface area contributed by atoms with E-state index in [0.29, 0.717) is 38.2 Å². The summed E-state index contributed by atoms with van der Waals surface area (Å²) in [7, 11) is -7.16. The first-order chi connectivity index (χ1) is 15.3. The zero-order chi connectivity index (χ0) is 22.8. The predicted molar refractivity (Wildman–Crippen MR) is 121 cm³/mol. The van der Waals surface area contributed by atoms with Crippen molar-refractivity contribution >= 4 is 31.6 Å². The zero-order valence-corrected chi connectivity index (χ0v) is 19.3. The summed E-state index contributed by atoms with van der Waals surface area (Å²) >= 11 is 0. The lowest BCUT2D eigenvalue weighted by molar-refractivity contribution is -0.120. The second-order valence-corrected chi connectivity index (χ2v) is 12.0. The molecule has 1 unspecified atom stereocenters. The molecule has 32 heavy (non-hydrogen) atoms. The number of hydrogen-bond donors (Lipinski definition) is 1. The van der Waals surface area contributed by atoms with E-state index >= 15 is 0 Å². The van der Waals surface area contributed by atoms with Crippen LogP contribution in [0, 0.1) is 5.92 Å². The van der Waals surface area contributed by atoms with Gasteiger partial charge in [-0.15, -0.1) is 0 Å². The van der Waals surface area contributed by atoms with E-state index in [1.54, 1.807) is 42.5 Å². The number of hydrogen-bond acceptors (Lipinski definition) is 5. The molecule has 2 aromatic carbocycles. The summed E-state index contributed by atoms with van der Waals surface area (Å²) in [5, 5.41) is 2.80. The van der Waals surface area contributed by atoms with Gasteiger partial charge in [0.15, 0.2) is 0 Å². The van der Waals surface area contributed by atoms with Gasteiger partial charge in [0.25, 0.3) is 0 Å². The summed E-state index contributed by atoms with van der Waals surface area (Å²) in [6, 6.07) is 14.3. The van der Waals surface area contributed by atoms with Gasteiger partial charge in [-0.1, -0.05) is 18.2 Å². The van der Waals surface area contributed by atoms with Crippen LogP contribution in [0.1, 0.15) is 25.7 Å². The van der Waals surface area contributed by atoms with Crippen molar-refractivity contribution in [3.8, 4) is 0 Å². The molecule has 2 heterocycles. The molecule has 0 radical (unpaired) electrons. The van der Waals surface area contributed by atoms with Crippen LogP contribution in [0.5, 0.6) is 0 Å². The SMILES string of the molecule is O=C(Nc1ccc(S(=O)(=O)N2CCCC2)cc1)C1CCCN(S(=O)(=O)c2ccccc2)C1. The van der Waals surface area contributed by atoms with Crippen LogP contribution in [0.15, 0.2) is 64.4 Å². The summed E-state index contributed by atoms with van der Waals surface area (Å²) in [5.74, 6) is -0.747. The number of carbonyl (C=O) groups is 1. The van der Waals surface area contributed by atoms with Crippen LogP contribution < -0.4 is 5.32 Å². The highest BCUT2D eigenvalue weighted by Crippen LogP contribution is 2.26. The Hall–Kier alpha value is -2.27. The molecule has 0 bridgehead atoms. The Balaban J connectivity index is 1.41. The molecule has 8 nitrogen and oxygen atoms in total. The molecule has 2 aliphatic rings. The molecule has 1 amide bonds. The van der Waals surface area contributed by atoms with E-state index in [2.05, 4.69) is 5.32 Å². The average molecular weight is 478 g/mol. The van der Waals surface area contributed by atoms with Crippen molar-refractivity contribution in [1.29, 1.82) is 0 Å². The van der Waals surface area contributed by atoms with E-state index in [1.807, 2.05) is 0 Å². The number of carbonyl (C=O) groups excluding carboxylic acids is 1. The highest BCUT2D eigenvalue weighted by Gasteiger charge is 2.33. The van der Waals surface area contributed by atoms with Gasteiger partial charge in [-0.05, 0) is 62.1 Å². The van der Waals surface area contributed by atoms with Crippen LogP contribution in [-0.2, 0) is 24.8 Å². The monoisotopic (exact) mass is 477 g/mol. The van der Waals surface area contributed by atoms with E-state index in [1.165, 1.54) is 20.7 Å². The molecule has 2 fully saturated rings. The minimum atomic E-state index is -3.65. The summed E-state index contributed by atoms with van der Waals surface area (Å²) in [4.78, 5) is 13.2. The fraction of sp³-hybridized carbons (Fsp3) is 0.409. The van der Waals surface area contributed by atoms with Crippen LogP contribution in [0.4, 0.5) is 5.69 Å². The lowest BCUT2D eigenvalue weighted by Crippen LogP contribution is -2.43. The third-order valence-electron chi connectivity index (χ3n) is 5.96.